The number of aliphatic carboxylic acids is 1. The van der Waals surface area contributed by atoms with E-state index in [1.165, 1.54) is 27.0 Å². The molecule has 0 aliphatic carbocycles. The van der Waals surface area contributed by atoms with Crippen molar-refractivity contribution < 1.29 is 41.0 Å². The number of alkyl halides is 2. The maximum absolute atomic E-state index is 14.3. The molecule has 0 radical (unpaired) electrons. The lowest BCUT2D eigenvalue weighted by Crippen LogP contribution is -2.50. The van der Waals surface area contributed by atoms with E-state index < -0.39 is 45.6 Å². The SMILES string of the molecule is Cc1ccc([C@H](CC(=O)O)c2ccn3c(C(F)F)nnc3c2C)cc1CN1CC2(CCOCC2)Oc2ccc(F)cc2S1(=O)=O. The molecule has 1 atom stereocenters. The Morgan fingerprint density at radius 2 is 1.84 bits per heavy atom. The summed E-state index contributed by atoms with van der Waals surface area (Å²) in [6.45, 7) is 4.18. The van der Waals surface area contributed by atoms with Gasteiger partial charge in [0.15, 0.2) is 5.65 Å². The molecule has 45 heavy (non-hydrogen) atoms. The highest BCUT2D eigenvalue weighted by atomic mass is 32.2. The number of carbonyl (C=O) groups is 1. The average Bonchev–Trinajstić information content (AvgIpc) is 3.41. The number of hydrogen-bond acceptors (Lipinski definition) is 7. The van der Waals surface area contributed by atoms with Gasteiger partial charge in [-0.25, -0.2) is 21.6 Å². The van der Waals surface area contributed by atoms with Crippen molar-refractivity contribution in [2.45, 2.75) is 62.5 Å². The normalized spacial score (nSPS) is 18.4. The fourth-order valence-corrected chi connectivity index (χ4v) is 7.83. The van der Waals surface area contributed by atoms with E-state index in [1.807, 2.05) is 6.92 Å². The molecule has 1 saturated heterocycles. The highest BCUT2D eigenvalue weighted by molar-refractivity contribution is 7.89. The zero-order valence-corrected chi connectivity index (χ0v) is 25.4. The second kappa shape index (κ2) is 11.7. The fourth-order valence-electron chi connectivity index (χ4n) is 6.22. The maximum Gasteiger partial charge on any atom is 0.304 e. The lowest BCUT2D eigenvalue weighted by atomic mass is 9.85. The molecular weight excluding hydrogens is 613 g/mol. The number of sulfonamides is 1. The Kier molecular flexibility index (Phi) is 8.08. The van der Waals surface area contributed by atoms with Crippen molar-refractivity contribution in [3.05, 3.63) is 88.1 Å². The van der Waals surface area contributed by atoms with Crippen molar-refractivity contribution >= 4 is 21.6 Å². The second-order valence-corrected chi connectivity index (χ2v) is 13.5. The van der Waals surface area contributed by atoms with Gasteiger partial charge in [-0.15, -0.1) is 10.2 Å². The fraction of sp³-hybridized carbons (Fsp3) is 0.387. The first kappa shape index (κ1) is 31.0. The van der Waals surface area contributed by atoms with Gasteiger partial charge in [0.1, 0.15) is 22.1 Å². The van der Waals surface area contributed by atoms with Crippen molar-refractivity contribution in [2.24, 2.45) is 0 Å². The lowest BCUT2D eigenvalue weighted by molar-refractivity contribution is -0.137. The summed E-state index contributed by atoms with van der Waals surface area (Å²) in [6, 6.07) is 10.4. The molecule has 4 heterocycles. The van der Waals surface area contributed by atoms with Crippen LogP contribution in [0.3, 0.4) is 0 Å². The molecule has 14 heteroatoms. The molecule has 0 amide bonds. The van der Waals surface area contributed by atoms with Crippen LogP contribution in [0.2, 0.25) is 0 Å². The van der Waals surface area contributed by atoms with E-state index in [9.17, 15) is 31.5 Å². The topological polar surface area (TPSA) is 123 Å². The zero-order chi connectivity index (χ0) is 32.1. The van der Waals surface area contributed by atoms with Crippen molar-refractivity contribution in [3.63, 3.8) is 0 Å². The molecule has 2 aliphatic heterocycles. The summed E-state index contributed by atoms with van der Waals surface area (Å²) in [4.78, 5) is 11.8. The van der Waals surface area contributed by atoms with Crippen LogP contribution in [0.4, 0.5) is 13.2 Å². The first-order valence-electron chi connectivity index (χ1n) is 14.4. The number of carboxylic acid groups (broad SMARTS) is 1. The van der Waals surface area contributed by atoms with Gasteiger partial charge < -0.3 is 14.6 Å². The number of fused-ring (bicyclic) bond motifs is 2. The van der Waals surface area contributed by atoms with E-state index in [0.29, 0.717) is 48.3 Å². The first-order valence-corrected chi connectivity index (χ1v) is 15.8. The van der Waals surface area contributed by atoms with Gasteiger partial charge in [0, 0.05) is 31.5 Å². The Labute approximate surface area is 257 Å². The van der Waals surface area contributed by atoms with E-state index in [1.54, 1.807) is 31.2 Å². The molecule has 2 aromatic heterocycles. The predicted molar refractivity (Wildman–Crippen MR) is 155 cm³/mol. The lowest BCUT2D eigenvalue weighted by Gasteiger charge is -2.38. The third kappa shape index (κ3) is 5.77. The predicted octanol–water partition coefficient (Wildman–Crippen LogP) is 5.16. The molecule has 238 valence electrons. The summed E-state index contributed by atoms with van der Waals surface area (Å²) >= 11 is 0. The summed E-state index contributed by atoms with van der Waals surface area (Å²) in [5.74, 6) is -2.93. The molecule has 4 aromatic rings. The molecule has 6 rings (SSSR count). The van der Waals surface area contributed by atoms with Gasteiger partial charge in [0.05, 0.1) is 26.2 Å². The molecule has 2 aromatic carbocycles. The van der Waals surface area contributed by atoms with Gasteiger partial charge in [-0.1, -0.05) is 18.2 Å². The molecule has 0 bridgehead atoms. The Morgan fingerprint density at radius 1 is 1.09 bits per heavy atom. The van der Waals surface area contributed by atoms with Crippen LogP contribution in [0.15, 0.2) is 53.6 Å². The Balaban J connectivity index is 1.42. The van der Waals surface area contributed by atoms with Crippen molar-refractivity contribution in [3.8, 4) is 5.75 Å². The minimum Gasteiger partial charge on any atom is -0.484 e. The van der Waals surface area contributed by atoms with Crippen LogP contribution in [0, 0.1) is 19.7 Å². The third-order valence-corrected chi connectivity index (χ3v) is 10.5. The smallest absolute Gasteiger partial charge is 0.304 e. The third-order valence-electron chi connectivity index (χ3n) is 8.68. The van der Waals surface area contributed by atoms with Gasteiger partial charge in [-0.3, -0.25) is 9.20 Å². The molecule has 1 spiro atoms. The standard InChI is InChI=1S/C31H31F3N4O6S/c1-18-3-4-20(24(15-27(39)40)23-7-10-38-29(19(23)2)35-36-30(38)28(33)34)13-21(18)16-37-17-31(8-11-43-12-9-31)44-25-6-5-22(32)14-26(25)45(37,41)42/h3-7,10,13-14,24,28H,8-9,11-12,15-17H2,1-2H3,(H,39,40)/t24-/m0/s1. The van der Waals surface area contributed by atoms with Crippen LogP contribution in [-0.4, -0.2) is 63.8 Å². The van der Waals surface area contributed by atoms with E-state index in [4.69, 9.17) is 9.47 Å². The number of nitrogens with zero attached hydrogens (tertiary/aromatic N) is 4. The quantitative estimate of drug-likeness (QED) is 0.293. The molecule has 0 saturated carbocycles. The van der Waals surface area contributed by atoms with Crippen LogP contribution in [0.1, 0.15) is 65.2 Å². The van der Waals surface area contributed by atoms with Gasteiger partial charge in [0.25, 0.3) is 6.43 Å². The number of aryl methyl sites for hydroxylation is 2. The Hall–Kier alpha value is -4.01. The Morgan fingerprint density at radius 3 is 2.56 bits per heavy atom. The largest absolute Gasteiger partial charge is 0.484 e. The highest BCUT2D eigenvalue weighted by Crippen LogP contribution is 2.40. The highest BCUT2D eigenvalue weighted by Gasteiger charge is 2.45. The number of benzene rings is 2. The number of carboxylic acids is 1. The van der Waals surface area contributed by atoms with Crippen LogP contribution in [-0.2, 0) is 26.1 Å². The van der Waals surface area contributed by atoms with Gasteiger partial charge in [-0.2, -0.15) is 4.31 Å². The van der Waals surface area contributed by atoms with Crippen LogP contribution in [0.25, 0.3) is 5.65 Å². The summed E-state index contributed by atoms with van der Waals surface area (Å²) in [7, 11) is -4.22. The minimum atomic E-state index is -4.22. The summed E-state index contributed by atoms with van der Waals surface area (Å²) in [5, 5.41) is 17.4. The first-order chi connectivity index (χ1) is 21.4. The van der Waals surface area contributed by atoms with E-state index >= 15 is 0 Å². The molecule has 1 N–H and O–H groups in total. The number of halogens is 3. The number of aromatic nitrogens is 3. The van der Waals surface area contributed by atoms with Crippen LogP contribution < -0.4 is 4.74 Å². The van der Waals surface area contributed by atoms with Crippen LogP contribution in [0.5, 0.6) is 5.75 Å². The van der Waals surface area contributed by atoms with E-state index in [0.717, 1.165) is 11.6 Å². The van der Waals surface area contributed by atoms with Crippen LogP contribution >= 0.6 is 0 Å². The summed E-state index contributed by atoms with van der Waals surface area (Å²) in [5.41, 5.74) is 2.35. The van der Waals surface area contributed by atoms with Gasteiger partial charge in [0.2, 0.25) is 15.8 Å². The van der Waals surface area contributed by atoms with Crippen molar-refractivity contribution in [1.29, 1.82) is 0 Å². The molecule has 0 unspecified atom stereocenters. The van der Waals surface area contributed by atoms with E-state index in [2.05, 4.69) is 10.2 Å². The number of pyridine rings is 1. The average molecular weight is 645 g/mol. The summed E-state index contributed by atoms with van der Waals surface area (Å²) < 4.78 is 83.6. The Bertz CT molecular complexity index is 1890. The number of rotatable bonds is 7. The number of hydrogen-bond donors (Lipinski definition) is 1. The maximum atomic E-state index is 14.3. The minimum absolute atomic E-state index is 0.00629. The molecule has 2 aliphatic rings. The molecule has 1 fully saturated rings. The summed E-state index contributed by atoms with van der Waals surface area (Å²) in [6.07, 6.45) is -0.887. The second-order valence-electron chi connectivity index (χ2n) is 11.5. The van der Waals surface area contributed by atoms with Gasteiger partial charge in [-0.05, 0) is 65.9 Å². The van der Waals surface area contributed by atoms with Crippen molar-refractivity contribution in [2.75, 3.05) is 19.8 Å². The monoisotopic (exact) mass is 644 g/mol. The van der Waals surface area contributed by atoms with Gasteiger partial charge >= 0.3 is 5.97 Å². The molecular formula is C31H31F3N4O6S. The number of ether oxygens (including phenoxy) is 2. The van der Waals surface area contributed by atoms with E-state index in [-0.39, 0.29) is 35.8 Å². The molecule has 10 nitrogen and oxygen atoms in total. The van der Waals surface area contributed by atoms with Crippen molar-refractivity contribution in [1.82, 2.24) is 18.9 Å². The zero-order valence-electron chi connectivity index (χ0n) is 24.5.